The number of H-pyrrole nitrogens is 1. The molecule has 0 spiro atoms. The Bertz CT molecular complexity index is 702. The van der Waals surface area contributed by atoms with Crippen LogP contribution in [0.1, 0.15) is 5.56 Å². The molecule has 3 aromatic rings. The lowest BCUT2D eigenvalue weighted by molar-refractivity contribution is 0.476. The Hall–Kier alpha value is -2.55. The first kappa shape index (κ1) is 11.5. The van der Waals surface area contributed by atoms with E-state index in [0.29, 0.717) is 0 Å². The molecule has 0 radical (unpaired) electrons. The summed E-state index contributed by atoms with van der Waals surface area (Å²) in [5, 5.41) is 17.2. The fourth-order valence-electron chi connectivity index (χ4n) is 2.09. The topological polar surface area (TPSA) is 48.9 Å². The molecule has 0 aliphatic carbocycles. The molecule has 2 aromatic carbocycles. The number of phenolic OH excluding ortho intramolecular Hbond substituents is 1. The Labute approximate surface area is 111 Å². The van der Waals surface area contributed by atoms with Crippen LogP contribution < -0.4 is 0 Å². The molecule has 3 heteroatoms. The molecule has 0 aliphatic rings. The second kappa shape index (κ2) is 4.61. The first-order valence-electron chi connectivity index (χ1n) is 6.15. The lowest BCUT2D eigenvalue weighted by Gasteiger charge is -2.02. The molecule has 94 valence electrons. The van der Waals surface area contributed by atoms with Crippen LogP contribution >= 0.6 is 0 Å². The molecule has 3 nitrogen and oxygen atoms in total. The first-order valence-corrected chi connectivity index (χ1v) is 6.15. The van der Waals surface area contributed by atoms with Crippen molar-refractivity contribution in [2.75, 3.05) is 0 Å². The lowest BCUT2D eigenvalue weighted by Crippen LogP contribution is -1.80. The summed E-state index contributed by atoms with van der Waals surface area (Å²) in [6.45, 7) is 1.95. The third-order valence-electron chi connectivity index (χ3n) is 3.09. The number of hydrogen-bond donors (Lipinski definition) is 2. The number of aromatic amines is 1. The molecule has 1 aromatic heterocycles. The van der Waals surface area contributed by atoms with Crippen molar-refractivity contribution in [3.63, 3.8) is 0 Å². The monoisotopic (exact) mass is 250 g/mol. The minimum Gasteiger partial charge on any atom is -0.507 e. The Kier molecular flexibility index (Phi) is 2.80. The average molecular weight is 250 g/mol. The van der Waals surface area contributed by atoms with Crippen molar-refractivity contribution in [1.82, 2.24) is 10.2 Å². The number of nitrogens with zero attached hydrogens (tertiary/aromatic N) is 1. The maximum absolute atomic E-state index is 9.98. The van der Waals surface area contributed by atoms with Gasteiger partial charge >= 0.3 is 0 Å². The molecule has 19 heavy (non-hydrogen) atoms. The highest BCUT2D eigenvalue weighted by atomic mass is 16.3. The van der Waals surface area contributed by atoms with Crippen LogP contribution in [0.2, 0.25) is 0 Å². The second-order valence-corrected chi connectivity index (χ2v) is 4.55. The van der Waals surface area contributed by atoms with Crippen molar-refractivity contribution in [3.05, 3.63) is 60.2 Å². The molecule has 0 unspecified atom stereocenters. The summed E-state index contributed by atoms with van der Waals surface area (Å²) in [5.41, 5.74) is 4.54. The van der Waals surface area contributed by atoms with E-state index in [2.05, 4.69) is 10.2 Å². The molecule has 0 fully saturated rings. The van der Waals surface area contributed by atoms with Crippen LogP contribution in [0, 0.1) is 6.92 Å². The zero-order valence-corrected chi connectivity index (χ0v) is 10.6. The van der Waals surface area contributed by atoms with Gasteiger partial charge < -0.3 is 5.11 Å². The zero-order valence-electron chi connectivity index (χ0n) is 10.6. The summed E-state index contributed by atoms with van der Waals surface area (Å²) in [6.07, 6.45) is 0. The van der Waals surface area contributed by atoms with Gasteiger partial charge in [0.25, 0.3) is 0 Å². The van der Waals surface area contributed by atoms with Crippen LogP contribution in [0.3, 0.4) is 0 Å². The smallest absolute Gasteiger partial charge is 0.125 e. The number of rotatable bonds is 2. The largest absolute Gasteiger partial charge is 0.507 e. The van der Waals surface area contributed by atoms with Gasteiger partial charge in [-0.05, 0) is 30.7 Å². The Morgan fingerprint density at radius 3 is 2.53 bits per heavy atom. The molecule has 2 N–H and O–H groups in total. The zero-order chi connectivity index (χ0) is 13.2. The van der Waals surface area contributed by atoms with E-state index < -0.39 is 0 Å². The van der Waals surface area contributed by atoms with Crippen LogP contribution in [-0.2, 0) is 0 Å². The molecule has 0 saturated carbocycles. The van der Waals surface area contributed by atoms with E-state index in [-0.39, 0.29) is 5.75 Å². The SMILES string of the molecule is Cc1ccc(-c2cc(-c3ccccc3)n[nH]2)c(O)c1. The standard InChI is InChI=1S/C16H14N2O/c1-11-7-8-13(16(19)9-11)15-10-14(17-18-15)12-5-3-2-4-6-12/h2-10,19H,1H3,(H,17,18). The van der Waals surface area contributed by atoms with Gasteiger partial charge in [0.1, 0.15) is 5.75 Å². The van der Waals surface area contributed by atoms with Crippen molar-refractivity contribution < 1.29 is 5.11 Å². The lowest BCUT2D eigenvalue weighted by atomic mass is 10.1. The van der Waals surface area contributed by atoms with Crippen LogP contribution in [0.4, 0.5) is 0 Å². The Balaban J connectivity index is 2.02. The predicted octanol–water partition coefficient (Wildman–Crippen LogP) is 3.76. The summed E-state index contributed by atoms with van der Waals surface area (Å²) < 4.78 is 0. The van der Waals surface area contributed by atoms with Crippen LogP contribution in [-0.4, -0.2) is 15.3 Å². The van der Waals surface area contributed by atoms with E-state index in [1.54, 1.807) is 6.07 Å². The van der Waals surface area contributed by atoms with Crippen molar-refractivity contribution in [2.45, 2.75) is 6.92 Å². The van der Waals surface area contributed by atoms with E-state index in [1.807, 2.05) is 55.5 Å². The van der Waals surface area contributed by atoms with E-state index in [4.69, 9.17) is 0 Å². The number of nitrogens with one attached hydrogen (secondary N) is 1. The number of aryl methyl sites for hydroxylation is 1. The molecular weight excluding hydrogens is 236 g/mol. The van der Waals surface area contributed by atoms with Gasteiger partial charge in [0.05, 0.1) is 11.4 Å². The summed E-state index contributed by atoms with van der Waals surface area (Å²) >= 11 is 0. The summed E-state index contributed by atoms with van der Waals surface area (Å²) in [4.78, 5) is 0. The highest BCUT2D eigenvalue weighted by Gasteiger charge is 2.09. The van der Waals surface area contributed by atoms with Gasteiger partial charge in [-0.15, -0.1) is 0 Å². The average Bonchev–Trinajstić information content (AvgIpc) is 2.89. The normalized spacial score (nSPS) is 10.6. The van der Waals surface area contributed by atoms with Gasteiger partial charge in [0, 0.05) is 11.1 Å². The van der Waals surface area contributed by atoms with E-state index in [9.17, 15) is 5.11 Å². The quantitative estimate of drug-likeness (QED) is 0.727. The molecule has 0 bridgehead atoms. The van der Waals surface area contributed by atoms with Crippen molar-refractivity contribution in [2.24, 2.45) is 0 Å². The number of aromatic nitrogens is 2. The van der Waals surface area contributed by atoms with Gasteiger partial charge in [-0.25, -0.2) is 0 Å². The molecule has 0 saturated heterocycles. The van der Waals surface area contributed by atoms with Crippen molar-refractivity contribution in [1.29, 1.82) is 0 Å². The third kappa shape index (κ3) is 2.22. The van der Waals surface area contributed by atoms with E-state index in [0.717, 1.165) is 28.1 Å². The van der Waals surface area contributed by atoms with Gasteiger partial charge in [-0.1, -0.05) is 36.4 Å². The fourth-order valence-corrected chi connectivity index (χ4v) is 2.09. The van der Waals surface area contributed by atoms with Crippen LogP contribution in [0.25, 0.3) is 22.5 Å². The van der Waals surface area contributed by atoms with Gasteiger partial charge in [0.2, 0.25) is 0 Å². The number of hydrogen-bond acceptors (Lipinski definition) is 2. The predicted molar refractivity (Wildman–Crippen MR) is 75.9 cm³/mol. The minimum absolute atomic E-state index is 0.267. The fraction of sp³-hybridized carbons (Fsp3) is 0.0625. The summed E-state index contributed by atoms with van der Waals surface area (Å²) in [6, 6.07) is 17.5. The van der Waals surface area contributed by atoms with Gasteiger partial charge in [-0.2, -0.15) is 5.10 Å². The molecule has 1 heterocycles. The maximum Gasteiger partial charge on any atom is 0.125 e. The highest BCUT2D eigenvalue weighted by Crippen LogP contribution is 2.30. The third-order valence-corrected chi connectivity index (χ3v) is 3.09. The van der Waals surface area contributed by atoms with E-state index in [1.165, 1.54) is 0 Å². The molecule has 0 aliphatic heterocycles. The number of phenols is 1. The Morgan fingerprint density at radius 2 is 1.79 bits per heavy atom. The number of benzene rings is 2. The van der Waals surface area contributed by atoms with Crippen LogP contribution in [0.15, 0.2) is 54.6 Å². The maximum atomic E-state index is 9.98. The molecule has 0 atom stereocenters. The number of aromatic hydroxyl groups is 1. The summed E-state index contributed by atoms with van der Waals surface area (Å²) in [5.74, 6) is 0.267. The van der Waals surface area contributed by atoms with Crippen molar-refractivity contribution in [3.8, 4) is 28.3 Å². The second-order valence-electron chi connectivity index (χ2n) is 4.55. The molecule has 0 amide bonds. The minimum atomic E-state index is 0.267. The highest BCUT2D eigenvalue weighted by molar-refractivity contribution is 5.72. The Morgan fingerprint density at radius 1 is 1.00 bits per heavy atom. The molecule has 3 rings (SSSR count). The molecular formula is C16H14N2O. The van der Waals surface area contributed by atoms with Crippen molar-refractivity contribution >= 4 is 0 Å². The first-order chi connectivity index (χ1) is 9.24. The van der Waals surface area contributed by atoms with Gasteiger partial charge in [0.15, 0.2) is 0 Å². The van der Waals surface area contributed by atoms with E-state index >= 15 is 0 Å². The summed E-state index contributed by atoms with van der Waals surface area (Å²) in [7, 11) is 0. The van der Waals surface area contributed by atoms with Gasteiger partial charge in [-0.3, -0.25) is 5.10 Å². The van der Waals surface area contributed by atoms with Crippen LogP contribution in [0.5, 0.6) is 5.75 Å².